The van der Waals surface area contributed by atoms with E-state index in [0.29, 0.717) is 5.54 Å². The second-order valence-electron chi connectivity index (χ2n) is 4.61. The predicted octanol–water partition coefficient (Wildman–Crippen LogP) is 1.49. The third-order valence-corrected chi connectivity index (χ3v) is 3.18. The molecular formula is C11H19N3. The normalized spacial score (nSPS) is 27.0. The number of aromatic nitrogens is 2. The van der Waals surface area contributed by atoms with Crippen molar-refractivity contribution in [3.63, 3.8) is 0 Å². The molecule has 2 rings (SSSR count). The van der Waals surface area contributed by atoms with E-state index in [1.807, 2.05) is 17.9 Å². The number of aryl methyl sites for hydroxylation is 2. The first-order valence-corrected chi connectivity index (χ1v) is 5.41. The Morgan fingerprint density at radius 2 is 2.50 bits per heavy atom. The molecule has 0 spiro atoms. The summed E-state index contributed by atoms with van der Waals surface area (Å²) in [5.41, 5.74) is 1.72. The van der Waals surface area contributed by atoms with Crippen LogP contribution in [-0.4, -0.2) is 21.9 Å². The molecule has 2 heterocycles. The highest BCUT2D eigenvalue weighted by Gasteiger charge is 2.27. The van der Waals surface area contributed by atoms with Crippen molar-refractivity contribution in [2.45, 2.75) is 38.1 Å². The van der Waals surface area contributed by atoms with Gasteiger partial charge in [-0.1, -0.05) is 0 Å². The molecule has 1 fully saturated rings. The maximum Gasteiger partial charge on any atom is 0.0521 e. The summed E-state index contributed by atoms with van der Waals surface area (Å²) in [4.78, 5) is 0. The standard InChI is InChI=1S/C11H19N3/c1-11(5-3-7-12-11)6-4-10-8-13-14(2)9-10/h8-9,12H,3-7H2,1-2H3. The second kappa shape index (κ2) is 3.73. The van der Waals surface area contributed by atoms with Crippen molar-refractivity contribution in [3.05, 3.63) is 18.0 Å². The van der Waals surface area contributed by atoms with Gasteiger partial charge in [0.05, 0.1) is 6.20 Å². The average molecular weight is 193 g/mol. The van der Waals surface area contributed by atoms with E-state index in [4.69, 9.17) is 0 Å². The zero-order valence-electron chi connectivity index (χ0n) is 9.08. The van der Waals surface area contributed by atoms with Crippen LogP contribution in [0.15, 0.2) is 12.4 Å². The average Bonchev–Trinajstić information content (AvgIpc) is 2.73. The van der Waals surface area contributed by atoms with E-state index in [1.165, 1.54) is 31.4 Å². The highest BCUT2D eigenvalue weighted by Crippen LogP contribution is 2.23. The van der Waals surface area contributed by atoms with Crippen molar-refractivity contribution in [1.29, 1.82) is 0 Å². The quantitative estimate of drug-likeness (QED) is 0.788. The van der Waals surface area contributed by atoms with E-state index in [1.54, 1.807) is 0 Å². The Bertz CT molecular complexity index is 297. The third-order valence-electron chi connectivity index (χ3n) is 3.18. The zero-order chi connectivity index (χ0) is 10.0. The maximum absolute atomic E-state index is 4.18. The van der Waals surface area contributed by atoms with Crippen LogP contribution < -0.4 is 5.32 Å². The molecule has 1 aliphatic rings. The molecule has 1 saturated heterocycles. The SMILES string of the molecule is Cn1cc(CCC2(C)CCCN2)cn1. The summed E-state index contributed by atoms with van der Waals surface area (Å²) in [5, 5.41) is 7.76. The van der Waals surface area contributed by atoms with Crippen molar-refractivity contribution < 1.29 is 0 Å². The molecule has 1 aromatic rings. The number of nitrogens with one attached hydrogen (secondary N) is 1. The second-order valence-corrected chi connectivity index (χ2v) is 4.61. The van der Waals surface area contributed by atoms with Gasteiger partial charge in [0.15, 0.2) is 0 Å². The molecule has 0 bridgehead atoms. The van der Waals surface area contributed by atoms with Crippen molar-refractivity contribution >= 4 is 0 Å². The van der Waals surface area contributed by atoms with Crippen LogP contribution >= 0.6 is 0 Å². The summed E-state index contributed by atoms with van der Waals surface area (Å²) in [6, 6.07) is 0. The van der Waals surface area contributed by atoms with Crippen LogP contribution in [0.1, 0.15) is 31.7 Å². The molecule has 0 amide bonds. The molecule has 0 radical (unpaired) electrons. The van der Waals surface area contributed by atoms with Gasteiger partial charge in [-0.3, -0.25) is 4.68 Å². The Morgan fingerprint density at radius 1 is 1.64 bits per heavy atom. The topological polar surface area (TPSA) is 29.9 Å². The Balaban J connectivity index is 1.87. The molecule has 0 aromatic carbocycles. The minimum absolute atomic E-state index is 0.371. The van der Waals surface area contributed by atoms with Gasteiger partial charge >= 0.3 is 0 Å². The molecule has 1 aliphatic heterocycles. The Hall–Kier alpha value is -0.830. The van der Waals surface area contributed by atoms with Crippen LogP contribution in [0.5, 0.6) is 0 Å². The molecule has 0 saturated carbocycles. The van der Waals surface area contributed by atoms with Crippen LogP contribution in [-0.2, 0) is 13.5 Å². The number of hydrogen-bond acceptors (Lipinski definition) is 2. The van der Waals surface area contributed by atoms with Crippen molar-refractivity contribution in [1.82, 2.24) is 15.1 Å². The number of hydrogen-bond donors (Lipinski definition) is 1. The summed E-state index contributed by atoms with van der Waals surface area (Å²) >= 11 is 0. The Kier molecular flexibility index (Phi) is 2.59. The van der Waals surface area contributed by atoms with E-state index in [-0.39, 0.29) is 0 Å². The van der Waals surface area contributed by atoms with E-state index >= 15 is 0 Å². The van der Waals surface area contributed by atoms with Gasteiger partial charge in [-0.2, -0.15) is 5.10 Å². The van der Waals surface area contributed by atoms with Crippen LogP contribution in [0.2, 0.25) is 0 Å². The fourth-order valence-electron chi connectivity index (χ4n) is 2.19. The van der Waals surface area contributed by atoms with Crippen molar-refractivity contribution in [2.24, 2.45) is 7.05 Å². The largest absolute Gasteiger partial charge is 0.312 e. The lowest BCUT2D eigenvalue weighted by Crippen LogP contribution is -2.36. The van der Waals surface area contributed by atoms with Crippen LogP contribution in [0, 0.1) is 0 Å². The molecule has 1 atom stereocenters. The van der Waals surface area contributed by atoms with Gasteiger partial charge in [0.1, 0.15) is 0 Å². The van der Waals surface area contributed by atoms with E-state index in [2.05, 4.69) is 23.5 Å². The first kappa shape index (κ1) is 9.71. The fourth-order valence-corrected chi connectivity index (χ4v) is 2.19. The lowest BCUT2D eigenvalue weighted by molar-refractivity contribution is 0.384. The van der Waals surface area contributed by atoms with Gasteiger partial charge < -0.3 is 5.32 Å². The summed E-state index contributed by atoms with van der Waals surface area (Å²) in [5.74, 6) is 0. The van der Waals surface area contributed by atoms with E-state index in [0.717, 1.165) is 6.42 Å². The van der Waals surface area contributed by atoms with Gasteiger partial charge in [-0.15, -0.1) is 0 Å². The van der Waals surface area contributed by atoms with E-state index in [9.17, 15) is 0 Å². The summed E-state index contributed by atoms with van der Waals surface area (Å²) in [6.07, 6.45) is 9.07. The first-order valence-electron chi connectivity index (χ1n) is 5.41. The van der Waals surface area contributed by atoms with Crippen LogP contribution in [0.3, 0.4) is 0 Å². The third kappa shape index (κ3) is 2.15. The van der Waals surface area contributed by atoms with Gasteiger partial charge in [0.25, 0.3) is 0 Å². The zero-order valence-corrected chi connectivity index (χ0v) is 9.08. The molecule has 14 heavy (non-hydrogen) atoms. The van der Waals surface area contributed by atoms with Crippen molar-refractivity contribution in [2.75, 3.05) is 6.54 Å². The monoisotopic (exact) mass is 193 g/mol. The minimum Gasteiger partial charge on any atom is -0.312 e. The predicted molar refractivity (Wildman–Crippen MR) is 57.2 cm³/mol. The lowest BCUT2D eigenvalue weighted by Gasteiger charge is -2.23. The first-order chi connectivity index (χ1) is 6.68. The molecule has 78 valence electrons. The number of rotatable bonds is 3. The summed E-state index contributed by atoms with van der Waals surface area (Å²) in [7, 11) is 1.97. The van der Waals surface area contributed by atoms with E-state index < -0.39 is 0 Å². The van der Waals surface area contributed by atoms with Crippen LogP contribution in [0.4, 0.5) is 0 Å². The molecule has 1 unspecified atom stereocenters. The molecular weight excluding hydrogens is 174 g/mol. The summed E-state index contributed by atoms with van der Waals surface area (Å²) < 4.78 is 1.87. The van der Waals surface area contributed by atoms with Crippen molar-refractivity contribution in [3.8, 4) is 0 Å². The van der Waals surface area contributed by atoms with Gasteiger partial charge in [-0.05, 0) is 44.7 Å². The maximum atomic E-state index is 4.18. The van der Waals surface area contributed by atoms with Gasteiger partial charge in [0, 0.05) is 18.8 Å². The van der Waals surface area contributed by atoms with Gasteiger partial charge in [-0.25, -0.2) is 0 Å². The molecule has 3 heteroatoms. The molecule has 1 N–H and O–H groups in total. The highest BCUT2D eigenvalue weighted by atomic mass is 15.2. The minimum atomic E-state index is 0.371. The summed E-state index contributed by atoms with van der Waals surface area (Å²) in [6.45, 7) is 3.51. The highest BCUT2D eigenvalue weighted by molar-refractivity contribution is 5.05. The molecule has 1 aromatic heterocycles. The Morgan fingerprint density at radius 3 is 3.07 bits per heavy atom. The smallest absolute Gasteiger partial charge is 0.0521 e. The van der Waals surface area contributed by atoms with Gasteiger partial charge in [0.2, 0.25) is 0 Å². The molecule has 0 aliphatic carbocycles. The lowest BCUT2D eigenvalue weighted by atomic mass is 9.93. The molecule has 3 nitrogen and oxygen atoms in total. The number of nitrogens with zero attached hydrogens (tertiary/aromatic N) is 2. The van der Waals surface area contributed by atoms with Crippen LogP contribution in [0.25, 0.3) is 0 Å². The Labute approximate surface area is 85.5 Å². The fraction of sp³-hybridized carbons (Fsp3) is 0.727.